The second-order valence-electron chi connectivity index (χ2n) is 3.64. The zero-order chi connectivity index (χ0) is 13.7. The van der Waals surface area contributed by atoms with Gasteiger partial charge in [0.05, 0.1) is 20.7 Å². The fourth-order valence-corrected chi connectivity index (χ4v) is 4.24. The standard InChI is InChI=1S/C11H14Br2N2O2S/c1-3-15(6-10(17)14-2)5-8(16)7-4-9(12)18-11(7)13/h4H,3,5-6H2,1-2H3,(H,14,17). The van der Waals surface area contributed by atoms with E-state index in [1.807, 2.05) is 6.92 Å². The smallest absolute Gasteiger partial charge is 0.233 e. The van der Waals surface area contributed by atoms with Crippen LogP contribution in [0.4, 0.5) is 0 Å². The average molecular weight is 398 g/mol. The summed E-state index contributed by atoms with van der Waals surface area (Å²) in [5, 5.41) is 2.55. The second-order valence-corrected chi connectivity index (χ2v) is 7.39. The van der Waals surface area contributed by atoms with Crippen molar-refractivity contribution in [3.63, 3.8) is 0 Å². The molecule has 0 saturated heterocycles. The van der Waals surface area contributed by atoms with E-state index in [9.17, 15) is 9.59 Å². The van der Waals surface area contributed by atoms with E-state index in [4.69, 9.17) is 0 Å². The molecule has 18 heavy (non-hydrogen) atoms. The number of likely N-dealkylation sites (N-methyl/N-ethyl adjacent to an activating group) is 2. The molecule has 0 aliphatic rings. The normalized spacial score (nSPS) is 10.7. The third-order valence-electron chi connectivity index (χ3n) is 2.42. The SMILES string of the molecule is CCN(CC(=O)NC)CC(=O)c1cc(Br)sc1Br. The van der Waals surface area contributed by atoms with Gasteiger partial charge in [-0.3, -0.25) is 14.5 Å². The maximum Gasteiger partial charge on any atom is 0.233 e. The number of ketones is 1. The molecule has 0 bridgehead atoms. The fourth-order valence-electron chi connectivity index (χ4n) is 1.38. The van der Waals surface area contributed by atoms with E-state index in [2.05, 4.69) is 37.2 Å². The summed E-state index contributed by atoms with van der Waals surface area (Å²) in [7, 11) is 1.59. The van der Waals surface area contributed by atoms with Crippen molar-refractivity contribution in [1.29, 1.82) is 0 Å². The number of rotatable bonds is 6. The van der Waals surface area contributed by atoms with Gasteiger partial charge >= 0.3 is 0 Å². The summed E-state index contributed by atoms with van der Waals surface area (Å²) in [6.07, 6.45) is 0. The molecule has 0 spiro atoms. The van der Waals surface area contributed by atoms with Gasteiger partial charge in [0.1, 0.15) is 0 Å². The van der Waals surface area contributed by atoms with Crippen LogP contribution < -0.4 is 5.32 Å². The van der Waals surface area contributed by atoms with Crippen LogP contribution in [0.15, 0.2) is 13.6 Å². The summed E-state index contributed by atoms with van der Waals surface area (Å²) in [5.74, 6) is -0.0789. The van der Waals surface area contributed by atoms with Gasteiger partial charge in [-0.2, -0.15) is 0 Å². The van der Waals surface area contributed by atoms with Crippen LogP contribution in [-0.4, -0.2) is 43.3 Å². The van der Waals surface area contributed by atoms with Crippen molar-refractivity contribution in [1.82, 2.24) is 10.2 Å². The number of nitrogens with one attached hydrogen (secondary N) is 1. The topological polar surface area (TPSA) is 49.4 Å². The van der Waals surface area contributed by atoms with Crippen LogP contribution in [0.2, 0.25) is 0 Å². The summed E-state index contributed by atoms with van der Waals surface area (Å²) < 4.78 is 1.72. The van der Waals surface area contributed by atoms with Crippen molar-refractivity contribution in [3.05, 3.63) is 19.2 Å². The van der Waals surface area contributed by atoms with E-state index in [0.717, 1.165) is 7.57 Å². The molecule has 0 aromatic carbocycles. The Bertz CT molecular complexity index is 448. The fraction of sp³-hybridized carbons (Fsp3) is 0.455. The average Bonchev–Trinajstić information content (AvgIpc) is 2.67. The Kier molecular flexibility index (Phi) is 6.48. The summed E-state index contributed by atoms with van der Waals surface area (Å²) in [6.45, 7) is 3.06. The van der Waals surface area contributed by atoms with Crippen LogP contribution in [0.5, 0.6) is 0 Å². The number of carbonyl (C=O) groups is 2. The van der Waals surface area contributed by atoms with Gasteiger partial charge in [-0.25, -0.2) is 0 Å². The molecule has 0 aliphatic carbocycles. The summed E-state index contributed by atoms with van der Waals surface area (Å²) in [6, 6.07) is 1.80. The highest BCUT2D eigenvalue weighted by Gasteiger charge is 2.17. The molecule has 0 unspecified atom stereocenters. The number of nitrogens with zero attached hydrogens (tertiary/aromatic N) is 1. The van der Waals surface area contributed by atoms with Gasteiger partial charge in [0.15, 0.2) is 5.78 Å². The van der Waals surface area contributed by atoms with Gasteiger partial charge in [0.2, 0.25) is 5.91 Å². The molecule has 7 heteroatoms. The number of hydrogen-bond acceptors (Lipinski definition) is 4. The molecule has 1 amide bonds. The third kappa shape index (κ3) is 4.46. The molecule has 1 aromatic heterocycles. The monoisotopic (exact) mass is 396 g/mol. The summed E-state index contributed by atoms with van der Waals surface area (Å²) in [5.41, 5.74) is 0.655. The lowest BCUT2D eigenvalue weighted by Gasteiger charge is -2.18. The molecule has 1 N–H and O–H groups in total. The molecule has 0 fully saturated rings. The maximum absolute atomic E-state index is 12.1. The lowest BCUT2D eigenvalue weighted by molar-refractivity contribution is -0.121. The van der Waals surface area contributed by atoms with Crippen molar-refractivity contribution >= 4 is 54.9 Å². The molecule has 0 saturated carbocycles. The molecule has 0 aliphatic heterocycles. The Morgan fingerprint density at radius 3 is 2.50 bits per heavy atom. The van der Waals surface area contributed by atoms with Crippen LogP contribution in [0, 0.1) is 0 Å². The van der Waals surface area contributed by atoms with E-state index < -0.39 is 0 Å². The molecule has 0 atom stereocenters. The maximum atomic E-state index is 12.1. The number of Topliss-reactive ketones (excluding diaryl/α,β-unsaturated/α-hetero) is 1. The molecular formula is C11H14Br2N2O2S. The van der Waals surface area contributed by atoms with Gasteiger partial charge in [0, 0.05) is 12.6 Å². The Labute approximate surface area is 127 Å². The van der Waals surface area contributed by atoms with E-state index in [0.29, 0.717) is 12.1 Å². The Hall–Kier alpha value is -0.240. The zero-order valence-electron chi connectivity index (χ0n) is 10.1. The van der Waals surface area contributed by atoms with Crippen molar-refractivity contribution in [2.24, 2.45) is 0 Å². The highest BCUT2D eigenvalue weighted by atomic mass is 79.9. The largest absolute Gasteiger partial charge is 0.358 e. The summed E-state index contributed by atoms with van der Waals surface area (Å²) >= 11 is 8.17. The minimum absolute atomic E-state index is 0.00887. The minimum Gasteiger partial charge on any atom is -0.358 e. The predicted octanol–water partition coefficient (Wildman–Crippen LogP) is 2.52. The molecule has 0 radical (unpaired) electrons. The molecule has 4 nitrogen and oxygen atoms in total. The van der Waals surface area contributed by atoms with Crippen LogP contribution in [0.3, 0.4) is 0 Å². The molecule has 100 valence electrons. The molecular weight excluding hydrogens is 384 g/mol. The molecule has 1 rings (SSSR count). The third-order valence-corrected chi connectivity index (χ3v) is 4.76. The lowest BCUT2D eigenvalue weighted by Crippen LogP contribution is -2.38. The Morgan fingerprint density at radius 1 is 1.39 bits per heavy atom. The minimum atomic E-state index is -0.0878. The van der Waals surface area contributed by atoms with Crippen LogP contribution >= 0.6 is 43.2 Å². The number of carbonyl (C=O) groups excluding carboxylic acids is 2. The van der Waals surface area contributed by atoms with Crippen LogP contribution in [0.25, 0.3) is 0 Å². The first-order valence-corrected chi connectivity index (χ1v) is 7.79. The first-order chi connectivity index (χ1) is 8.47. The van der Waals surface area contributed by atoms with Crippen LogP contribution in [0.1, 0.15) is 17.3 Å². The van der Waals surface area contributed by atoms with E-state index >= 15 is 0 Å². The van der Waals surface area contributed by atoms with Crippen LogP contribution in [-0.2, 0) is 4.79 Å². The number of amides is 1. The van der Waals surface area contributed by atoms with Crippen molar-refractivity contribution < 1.29 is 9.59 Å². The van der Waals surface area contributed by atoms with E-state index in [1.165, 1.54) is 11.3 Å². The molecule has 1 aromatic rings. The second kappa shape index (κ2) is 7.37. The lowest BCUT2D eigenvalue weighted by atomic mass is 10.2. The van der Waals surface area contributed by atoms with Gasteiger partial charge in [-0.1, -0.05) is 6.92 Å². The van der Waals surface area contributed by atoms with Gasteiger partial charge in [0.25, 0.3) is 0 Å². The number of hydrogen-bond donors (Lipinski definition) is 1. The highest BCUT2D eigenvalue weighted by molar-refractivity contribution is 9.12. The zero-order valence-corrected chi connectivity index (χ0v) is 14.1. The van der Waals surface area contributed by atoms with Crippen molar-refractivity contribution in [2.45, 2.75) is 6.92 Å². The van der Waals surface area contributed by atoms with Gasteiger partial charge in [-0.05, 0) is 44.5 Å². The summed E-state index contributed by atoms with van der Waals surface area (Å²) in [4.78, 5) is 25.2. The Morgan fingerprint density at radius 2 is 2.06 bits per heavy atom. The first kappa shape index (κ1) is 15.8. The number of thiophene rings is 1. The van der Waals surface area contributed by atoms with Crippen molar-refractivity contribution in [3.8, 4) is 0 Å². The predicted molar refractivity (Wildman–Crippen MR) is 80.2 cm³/mol. The first-order valence-electron chi connectivity index (χ1n) is 5.38. The quantitative estimate of drug-likeness (QED) is 0.750. The van der Waals surface area contributed by atoms with Crippen molar-refractivity contribution in [2.75, 3.05) is 26.7 Å². The number of halogens is 2. The highest BCUT2D eigenvalue weighted by Crippen LogP contribution is 2.32. The van der Waals surface area contributed by atoms with Gasteiger partial charge in [-0.15, -0.1) is 11.3 Å². The van der Waals surface area contributed by atoms with Gasteiger partial charge < -0.3 is 5.32 Å². The molecule has 1 heterocycles. The van der Waals surface area contributed by atoms with E-state index in [-0.39, 0.29) is 24.8 Å². The van der Waals surface area contributed by atoms with E-state index in [1.54, 1.807) is 18.0 Å². The Balaban J connectivity index is 2.67.